The van der Waals surface area contributed by atoms with E-state index in [-0.39, 0.29) is 11.3 Å². The number of fused-ring (bicyclic) bond motifs is 1. The average molecular weight is 256 g/mol. The third-order valence-electron chi connectivity index (χ3n) is 2.71. The molecule has 94 valence electrons. The first-order chi connectivity index (χ1) is 8.24. The molecule has 2 atom stereocenters. The molecule has 2 aliphatic heterocycles. The lowest BCUT2D eigenvalue weighted by Gasteiger charge is -2.46. The average Bonchev–Trinajstić information content (AvgIpc) is 2.36. The topological polar surface area (TPSA) is 58.6 Å². The number of amides is 2. The third kappa shape index (κ3) is 2.57. The van der Waals surface area contributed by atoms with Crippen LogP contribution in [0, 0.1) is 0 Å². The number of rotatable bonds is 4. The number of hydrogen-bond donors (Lipinski definition) is 1. The van der Waals surface area contributed by atoms with Gasteiger partial charge in [0.05, 0.1) is 6.61 Å². The SMILES string of the molecule is CCCCOC(=O)NC1C(=O)N2C=CCSC12. The van der Waals surface area contributed by atoms with Crippen LogP contribution in [-0.2, 0) is 9.53 Å². The van der Waals surface area contributed by atoms with Crippen LogP contribution in [-0.4, -0.2) is 40.7 Å². The number of unbranched alkanes of at least 4 members (excludes halogenated alkanes) is 1. The molecule has 2 rings (SSSR count). The number of carbonyl (C=O) groups is 2. The monoisotopic (exact) mass is 256 g/mol. The summed E-state index contributed by atoms with van der Waals surface area (Å²) < 4.78 is 4.97. The molecule has 0 radical (unpaired) electrons. The van der Waals surface area contributed by atoms with Gasteiger partial charge >= 0.3 is 6.09 Å². The summed E-state index contributed by atoms with van der Waals surface area (Å²) in [7, 11) is 0. The van der Waals surface area contributed by atoms with Crippen LogP contribution in [0.3, 0.4) is 0 Å². The highest BCUT2D eigenvalue weighted by Gasteiger charge is 2.48. The largest absolute Gasteiger partial charge is 0.450 e. The Labute approximate surface area is 105 Å². The smallest absolute Gasteiger partial charge is 0.407 e. The zero-order chi connectivity index (χ0) is 12.3. The van der Waals surface area contributed by atoms with Crippen molar-refractivity contribution in [2.75, 3.05) is 12.4 Å². The van der Waals surface area contributed by atoms with Gasteiger partial charge in [-0.1, -0.05) is 19.4 Å². The van der Waals surface area contributed by atoms with Crippen molar-refractivity contribution in [1.29, 1.82) is 0 Å². The van der Waals surface area contributed by atoms with Crippen molar-refractivity contribution in [3.63, 3.8) is 0 Å². The lowest BCUT2D eigenvalue weighted by Crippen LogP contribution is -2.68. The van der Waals surface area contributed by atoms with Gasteiger partial charge in [-0.3, -0.25) is 4.79 Å². The molecule has 2 heterocycles. The quantitative estimate of drug-likeness (QED) is 0.608. The second-order valence-corrected chi connectivity index (χ2v) is 5.12. The second kappa shape index (κ2) is 5.44. The molecule has 2 aliphatic rings. The van der Waals surface area contributed by atoms with Gasteiger partial charge < -0.3 is 15.0 Å². The summed E-state index contributed by atoms with van der Waals surface area (Å²) in [5.41, 5.74) is 0. The van der Waals surface area contributed by atoms with E-state index >= 15 is 0 Å². The van der Waals surface area contributed by atoms with Gasteiger partial charge in [-0.05, 0) is 6.42 Å². The van der Waals surface area contributed by atoms with E-state index in [1.54, 1.807) is 22.9 Å². The summed E-state index contributed by atoms with van der Waals surface area (Å²) in [6.45, 7) is 2.43. The molecule has 2 unspecified atom stereocenters. The Morgan fingerprint density at radius 2 is 2.53 bits per heavy atom. The number of alkyl carbamates (subject to hydrolysis) is 1. The molecule has 1 fully saturated rings. The van der Waals surface area contributed by atoms with Crippen LogP contribution in [0.2, 0.25) is 0 Å². The van der Waals surface area contributed by atoms with E-state index < -0.39 is 12.1 Å². The fourth-order valence-electron chi connectivity index (χ4n) is 1.74. The highest BCUT2D eigenvalue weighted by molar-refractivity contribution is 8.00. The molecule has 0 saturated carbocycles. The Bertz CT molecular complexity index is 346. The number of thioether (sulfide) groups is 1. The molecule has 1 saturated heterocycles. The van der Waals surface area contributed by atoms with E-state index in [2.05, 4.69) is 5.32 Å². The summed E-state index contributed by atoms with van der Waals surface area (Å²) >= 11 is 1.64. The van der Waals surface area contributed by atoms with Gasteiger partial charge in [0.15, 0.2) is 0 Å². The lowest BCUT2D eigenvalue weighted by molar-refractivity contribution is -0.141. The van der Waals surface area contributed by atoms with Gasteiger partial charge in [0.2, 0.25) is 0 Å². The van der Waals surface area contributed by atoms with Crippen LogP contribution in [0.1, 0.15) is 19.8 Å². The Hall–Kier alpha value is -1.17. The predicted molar refractivity (Wildman–Crippen MR) is 65.4 cm³/mol. The number of carbonyl (C=O) groups excluding carboxylic acids is 2. The van der Waals surface area contributed by atoms with Crippen LogP contribution in [0.25, 0.3) is 0 Å². The molecule has 17 heavy (non-hydrogen) atoms. The van der Waals surface area contributed by atoms with E-state index in [0.717, 1.165) is 18.6 Å². The summed E-state index contributed by atoms with van der Waals surface area (Å²) in [5, 5.41) is 2.65. The van der Waals surface area contributed by atoms with Crippen molar-refractivity contribution in [3.8, 4) is 0 Å². The van der Waals surface area contributed by atoms with E-state index in [9.17, 15) is 9.59 Å². The maximum absolute atomic E-state index is 11.7. The highest BCUT2D eigenvalue weighted by atomic mass is 32.2. The first-order valence-electron chi connectivity index (χ1n) is 5.77. The molecule has 0 aromatic heterocycles. The standard InChI is InChI=1S/C11H16N2O3S/c1-2-3-6-16-11(15)12-8-9(14)13-5-4-7-17-10(8)13/h4-5,8,10H,2-3,6-7H2,1H3,(H,12,15). The van der Waals surface area contributed by atoms with Crippen molar-refractivity contribution in [1.82, 2.24) is 10.2 Å². The van der Waals surface area contributed by atoms with E-state index in [1.165, 1.54) is 0 Å². The maximum atomic E-state index is 11.7. The van der Waals surface area contributed by atoms with Gasteiger partial charge in [0.1, 0.15) is 11.4 Å². The molecule has 1 N–H and O–H groups in total. The van der Waals surface area contributed by atoms with E-state index in [0.29, 0.717) is 6.61 Å². The fraction of sp³-hybridized carbons (Fsp3) is 0.636. The minimum Gasteiger partial charge on any atom is -0.450 e. The number of nitrogens with zero attached hydrogens (tertiary/aromatic N) is 1. The number of nitrogens with one attached hydrogen (secondary N) is 1. The number of β-lactam (4-membered cyclic amide) rings is 1. The third-order valence-corrected chi connectivity index (χ3v) is 3.94. The molecule has 6 heteroatoms. The molecular weight excluding hydrogens is 240 g/mol. The zero-order valence-corrected chi connectivity index (χ0v) is 10.5. The number of hydrogen-bond acceptors (Lipinski definition) is 4. The van der Waals surface area contributed by atoms with Gasteiger partial charge in [-0.15, -0.1) is 11.8 Å². The van der Waals surface area contributed by atoms with Crippen LogP contribution in [0.5, 0.6) is 0 Å². The molecule has 0 aromatic carbocycles. The summed E-state index contributed by atoms with van der Waals surface area (Å²) in [6.07, 6.45) is 5.05. The van der Waals surface area contributed by atoms with E-state index in [4.69, 9.17) is 4.74 Å². The van der Waals surface area contributed by atoms with Gasteiger partial charge in [0, 0.05) is 12.0 Å². The van der Waals surface area contributed by atoms with Crippen molar-refractivity contribution >= 4 is 23.8 Å². The van der Waals surface area contributed by atoms with Crippen LogP contribution < -0.4 is 5.32 Å². The molecular formula is C11H16N2O3S. The Morgan fingerprint density at radius 1 is 1.71 bits per heavy atom. The number of ether oxygens (including phenoxy) is 1. The summed E-state index contributed by atoms with van der Waals surface area (Å²) in [6, 6.07) is -0.431. The molecule has 5 nitrogen and oxygen atoms in total. The van der Waals surface area contributed by atoms with Crippen molar-refractivity contribution in [2.24, 2.45) is 0 Å². The zero-order valence-electron chi connectivity index (χ0n) is 9.72. The Morgan fingerprint density at radius 3 is 3.29 bits per heavy atom. The summed E-state index contributed by atoms with van der Waals surface area (Å²) in [5.74, 6) is 0.809. The minimum atomic E-state index is -0.494. The second-order valence-electron chi connectivity index (χ2n) is 3.97. The Balaban J connectivity index is 1.78. The normalized spacial score (nSPS) is 26.2. The highest BCUT2D eigenvalue weighted by Crippen LogP contribution is 2.33. The lowest BCUT2D eigenvalue weighted by atomic mass is 10.1. The fourth-order valence-corrected chi connectivity index (χ4v) is 2.85. The van der Waals surface area contributed by atoms with Gasteiger partial charge in [-0.2, -0.15) is 0 Å². The van der Waals surface area contributed by atoms with Gasteiger partial charge in [-0.25, -0.2) is 4.79 Å². The molecule has 0 aliphatic carbocycles. The van der Waals surface area contributed by atoms with Gasteiger partial charge in [0.25, 0.3) is 5.91 Å². The Kier molecular flexibility index (Phi) is 3.93. The predicted octanol–water partition coefficient (Wildman–Crippen LogP) is 1.31. The first kappa shape index (κ1) is 12.3. The first-order valence-corrected chi connectivity index (χ1v) is 6.82. The van der Waals surface area contributed by atoms with E-state index in [1.807, 2.05) is 13.0 Å². The van der Waals surface area contributed by atoms with Crippen LogP contribution >= 0.6 is 11.8 Å². The summed E-state index contributed by atoms with van der Waals surface area (Å²) in [4.78, 5) is 24.7. The van der Waals surface area contributed by atoms with Crippen molar-refractivity contribution < 1.29 is 14.3 Å². The molecule has 0 aromatic rings. The molecule has 0 bridgehead atoms. The van der Waals surface area contributed by atoms with Crippen molar-refractivity contribution in [3.05, 3.63) is 12.3 Å². The minimum absolute atomic E-state index is 0.0335. The van der Waals surface area contributed by atoms with Crippen LogP contribution in [0.4, 0.5) is 4.79 Å². The van der Waals surface area contributed by atoms with Crippen LogP contribution in [0.15, 0.2) is 12.3 Å². The maximum Gasteiger partial charge on any atom is 0.407 e. The molecule has 0 spiro atoms. The van der Waals surface area contributed by atoms with Crippen molar-refractivity contribution in [2.45, 2.75) is 31.2 Å². The molecule has 2 amide bonds.